The molecule has 92 valence electrons. The summed E-state index contributed by atoms with van der Waals surface area (Å²) in [4.78, 5) is 6.96. The average Bonchev–Trinajstić information content (AvgIpc) is 2.10. The van der Waals surface area contributed by atoms with Gasteiger partial charge in [-0.1, -0.05) is 12.5 Å². The predicted molar refractivity (Wildman–Crippen MR) is 72.4 cm³/mol. The summed E-state index contributed by atoms with van der Waals surface area (Å²) in [5, 5.41) is 0. The van der Waals surface area contributed by atoms with E-state index in [0.29, 0.717) is 0 Å². The lowest BCUT2D eigenvalue weighted by atomic mass is 10.1. The van der Waals surface area contributed by atoms with E-state index in [0.717, 1.165) is 0 Å². The summed E-state index contributed by atoms with van der Waals surface area (Å²) in [6.45, 7) is 0. The molecule has 0 aliphatic carbocycles. The molecule has 4 heteroatoms. The molecular formula is C11H29N3Si. The molecule has 0 aliphatic heterocycles. The van der Waals surface area contributed by atoms with Crippen molar-refractivity contribution >= 4 is 10.2 Å². The Morgan fingerprint density at radius 3 is 1.47 bits per heavy atom. The largest absolute Gasteiger partial charge is 0.279 e. The molecule has 0 rings (SSSR count). The number of nitrogens with zero attached hydrogens (tertiary/aromatic N) is 3. The Kier molecular flexibility index (Phi) is 6.67. The molecule has 0 aromatic heterocycles. The highest BCUT2D eigenvalue weighted by Crippen LogP contribution is 2.25. The maximum absolute atomic E-state index is 2.32. The van der Waals surface area contributed by atoms with Gasteiger partial charge in [0.2, 0.25) is 0 Å². The van der Waals surface area contributed by atoms with Gasteiger partial charge in [0.1, 0.15) is 5.79 Å². The van der Waals surface area contributed by atoms with Gasteiger partial charge in [-0.2, -0.15) is 0 Å². The fourth-order valence-corrected chi connectivity index (χ4v) is 2.98. The van der Waals surface area contributed by atoms with Crippen molar-refractivity contribution in [3.63, 3.8) is 0 Å². The first-order valence-corrected chi connectivity index (χ1v) is 7.33. The quantitative estimate of drug-likeness (QED) is 0.354. The van der Waals surface area contributed by atoms with Crippen LogP contribution in [0.25, 0.3) is 0 Å². The molecule has 0 bridgehead atoms. The molecule has 0 aromatic carbocycles. The Hall–Kier alpha value is 0.0969. The van der Waals surface area contributed by atoms with Gasteiger partial charge >= 0.3 is 0 Å². The van der Waals surface area contributed by atoms with Gasteiger partial charge in [0, 0.05) is 10.2 Å². The molecule has 0 atom stereocenters. The van der Waals surface area contributed by atoms with Crippen molar-refractivity contribution in [2.75, 3.05) is 42.3 Å². The van der Waals surface area contributed by atoms with Crippen LogP contribution in [0.15, 0.2) is 0 Å². The third-order valence-electron chi connectivity index (χ3n) is 3.26. The highest BCUT2D eigenvalue weighted by atomic mass is 28.1. The predicted octanol–water partition coefficient (Wildman–Crippen LogP) is 0.279. The topological polar surface area (TPSA) is 9.72 Å². The fraction of sp³-hybridized carbons (Fsp3) is 1.00. The van der Waals surface area contributed by atoms with Gasteiger partial charge < -0.3 is 0 Å². The normalized spacial score (nSPS) is 13.4. The summed E-state index contributed by atoms with van der Waals surface area (Å²) in [6, 6.07) is 1.42. The first-order chi connectivity index (χ1) is 6.89. The Labute approximate surface area is 98.8 Å². The summed E-state index contributed by atoms with van der Waals surface area (Å²) < 4.78 is 0. The van der Waals surface area contributed by atoms with Gasteiger partial charge in [0.25, 0.3) is 0 Å². The number of rotatable bonds is 7. The Morgan fingerprint density at radius 1 is 0.800 bits per heavy atom. The summed E-state index contributed by atoms with van der Waals surface area (Å²) in [7, 11) is 14.3. The molecule has 0 N–H and O–H groups in total. The molecule has 0 heterocycles. The van der Waals surface area contributed by atoms with Gasteiger partial charge in [-0.25, -0.2) is 0 Å². The first kappa shape index (κ1) is 15.1. The smallest absolute Gasteiger partial charge is 0.129 e. The lowest BCUT2D eigenvalue weighted by Gasteiger charge is -2.50. The zero-order chi connectivity index (χ0) is 12.1. The lowest BCUT2D eigenvalue weighted by molar-refractivity contribution is -0.115. The summed E-state index contributed by atoms with van der Waals surface area (Å²) in [5.41, 5.74) is 0. The molecule has 3 nitrogen and oxygen atoms in total. The van der Waals surface area contributed by atoms with Crippen molar-refractivity contribution in [2.45, 2.75) is 31.1 Å². The molecule has 0 unspecified atom stereocenters. The second kappa shape index (κ2) is 6.63. The zero-order valence-corrected chi connectivity index (χ0v) is 13.7. The average molecular weight is 231 g/mol. The molecule has 0 spiro atoms. The zero-order valence-electron chi connectivity index (χ0n) is 11.7. The second-order valence-electron chi connectivity index (χ2n) is 4.91. The molecule has 15 heavy (non-hydrogen) atoms. The standard InChI is InChI=1S/C11H29N3Si/c1-12(2)11(13(3)4,14(5)6)9-7-8-10-15/h7-10H2,1-6,15H3. The van der Waals surface area contributed by atoms with E-state index >= 15 is 0 Å². The minimum Gasteiger partial charge on any atom is -0.279 e. The van der Waals surface area contributed by atoms with Crippen molar-refractivity contribution in [2.24, 2.45) is 0 Å². The number of hydrogen-bond donors (Lipinski definition) is 0. The van der Waals surface area contributed by atoms with E-state index in [1.54, 1.807) is 0 Å². The molecule has 0 fully saturated rings. The second-order valence-corrected chi connectivity index (χ2v) is 5.91. The molecule has 0 saturated carbocycles. The fourth-order valence-electron chi connectivity index (χ4n) is 2.48. The van der Waals surface area contributed by atoms with Crippen molar-refractivity contribution in [3.05, 3.63) is 0 Å². The third kappa shape index (κ3) is 3.55. The molecule has 0 radical (unpaired) electrons. The summed E-state index contributed by atoms with van der Waals surface area (Å²) in [6.07, 6.45) is 3.91. The van der Waals surface area contributed by atoms with Crippen LogP contribution < -0.4 is 0 Å². The molecule has 0 saturated heterocycles. The Balaban J connectivity index is 4.65. The lowest BCUT2D eigenvalue weighted by Crippen LogP contribution is -2.63. The van der Waals surface area contributed by atoms with E-state index in [2.05, 4.69) is 57.0 Å². The van der Waals surface area contributed by atoms with Crippen LogP contribution in [-0.4, -0.2) is 73.0 Å². The molecule has 0 aliphatic rings. The third-order valence-corrected chi connectivity index (χ3v) is 3.97. The van der Waals surface area contributed by atoms with Gasteiger partial charge in [0.05, 0.1) is 0 Å². The maximum atomic E-state index is 2.32. The van der Waals surface area contributed by atoms with Crippen LogP contribution in [0.5, 0.6) is 0 Å². The van der Waals surface area contributed by atoms with E-state index < -0.39 is 0 Å². The summed E-state index contributed by atoms with van der Waals surface area (Å²) >= 11 is 0. The van der Waals surface area contributed by atoms with Gasteiger partial charge in [-0.3, -0.25) is 14.7 Å². The van der Waals surface area contributed by atoms with Crippen LogP contribution in [0.2, 0.25) is 6.04 Å². The van der Waals surface area contributed by atoms with Gasteiger partial charge in [-0.05, 0) is 55.1 Å². The van der Waals surface area contributed by atoms with Crippen molar-refractivity contribution in [3.8, 4) is 0 Å². The first-order valence-electron chi connectivity index (χ1n) is 5.91. The van der Waals surface area contributed by atoms with Crippen molar-refractivity contribution < 1.29 is 0 Å². The molecule has 0 aromatic rings. The van der Waals surface area contributed by atoms with Crippen LogP contribution in [0, 0.1) is 0 Å². The van der Waals surface area contributed by atoms with Crippen LogP contribution in [0.4, 0.5) is 0 Å². The van der Waals surface area contributed by atoms with Gasteiger partial charge in [-0.15, -0.1) is 0 Å². The minimum atomic E-state index is 0.0662. The van der Waals surface area contributed by atoms with Crippen molar-refractivity contribution in [1.82, 2.24) is 14.7 Å². The van der Waals surface area contributed by atoms with Crippen LogP contribution >= 0.6 is 0 Å². The number of hydrogen-bond acceptors (Lipinski definition) is 3. The Bertz CT molecular complexity index is 147. The van der Waals surface area contributed by atoms with Crippen molar-refractivity contribution in [1.29, 1.82) is 0 Å². The highest BCUT2D eigenvalue weighted by molar-refractivity contribution is 6.08. The van der Waals surface area contributed by atoms with E-state index in [4.69, 9.17) is 0 Å². The molecule has 0 amide bonds. The van der Waals surface area contributed by atoms with E-state index in [1.807, 2.05) is 0 Å². The SMILES string of the molecule is CN(C)C(CCCC[SiH3])(N(C)C)N(C)C. The van der Waals surface area contributed by atoms with Crippen LogP contribution in [0.1, 0.15) is 19.3 Å². The minimum absolute atomic E-state index is 0.0662. The monoisotopic (exact) mass is 231 g/mol. The highest BCUT2D eigenvalue weighted by Gasteiger charge is 2.36. The van der Waals surface area contributed by atoms with Crippen LogP contribution in [0.3, 0.4) is 0 Å². The Morgan fingerprint density at radius 2 is 1.20 bits per heavy atom. The van der Waals surface area contributed by atoms with E-state index in [-0.39, 0.29) is 5.79 Å². The molecular weight excluding hydrogens is 202 g/mol. The van der Waals surface area contributed by atoms with Gasteiger partial charge in [0.15, 0.2) is 0 Å². The maximum Gasteiger partial charge on any atom is 0.129 e. The van der Waals surface area contributed by atoms with Crippen LogP contribution in [-0.2, 0) is 0 Å². The number of unbranched alkanes of at least 4 members (excludes halogenated alkanes) is 1. The van der Waals surface area contributed by atoms with E-state index in [1.165, 1.54) is 35.5 Å². The summed E-state index contributed by atoms with van der Waals surface area (Å²) in [5.74, 6) is 0.0662. The van der Waals surface area contributed by atoms with E-state index in [9.17, 15) is 0 Å².